The molecule has 3 aliphatic heterocycles. The Bertz CT molecular complexity index is 1290. The van der Waals surface area contributed by atoms with E-state index in [0.29, 0.717) is 12.8 Å². The van der Waals surface area contributed by atoms with E-state index in [0.717, 1.165) is 22.0 Å². The standard InChI is InChI=1S/C24H22F3N3O4S/c25-24(26,27)20-10-18(8-6-16(20)11-28)30-13-19-21-9-7-17(22(19)35(30,32)33)12-29(21)23(31)34-14-15-4-2-1-3-5-15/h1-6,8,10,17,19,21-22H,7,9,12-14H2/t17-,19+,21-,22-/m0/s1. The van der Waals surface area contributed by atoms with Crippen molar-refractivity contribution in [3.63, 3.8) is 0 Å². The number of carbonyl (C=O) groups is 1. The fourth-order valence-electron chi connectivity index (χ4n) is 5.72. The lowest BCUT2D eigenvalue weighted by atomic mass is 9.72. The highest BCUT2D eigenvalue weighted by atomic mass is 32.2. The monoisotopic (exact) mass is 505 g/mol. The predicted octanol–water partition coefficient (Wildman–Crippen LogP) is 4.14. The smallest absolute Gasteiger partial charge is 0.417 e. The van der Waals surface area contributed by atoms with Crippen molar-refractivity contribution >= 4 is 21.8 Å². The molecule has 1 aliphatic carbocycles. The first-order chi connectivity index (χ1) is 16.6. The molecule has 3 heterocycles. The van der Waals surface area contributed by atoms with E-state index in [2.05, 4.69) is 0 Å². The summed E-state index contributed by atoms with van der Waals surface area (Å²) in [5.41, 5.74) is -1.03. The Kier molecular flexibility index (Phi) is 5.67. The maximum Gasteiger partial charge on any atom is 0.417 e. The number of alkyl halides is 3. The number of hydrogen-bond donors (Lipinski definition) is 0. The van der Waals surface area contributed by atoms with Crippen LogP contribution < -0.4 is 4.31 Å². The fourth-order valence-corrected chi connectivity index (χ4v) is 8.22. The third-order valence-electron chi connectivity index (χ3n) is 7.23. The molecule has 7 nitrogen and oxygen atoms in total. The maximum absolute atomic E-state index is 13.5. The van der Waals surface area contributed by atoms with E-state index < -0.39 is 44.6 Å². The second kappa shape index (κ2) is 8.45. The first kappa shape index (κ1) is 23.5. The maximum atomic E-state index is 13.5. The number of piperidine rings is 2. The van der Waals surface area contributed by atoms with Gasteiger partial charge in [-0.05, 0) is 42.5 Å². The summed E-state index contributed by atoms with van der Waals surface area (Å²) >= 11 is 0. The van der Waals surface area contributed by atoms with E-state index >= 15 is 0 Å². The number of nitriles is 1. The molecule has 11 heteroatoms. The largest absolute Gasteiger partial charge is 0.445 e. The van der Waals surface area contributed by atoms with Crippen LogP contribution in [0.4, 0.5) is 23.7 Å². The summed E-state index contributed by atoms with van der Waals surface area (Å²) in [5, 5.41) is 8.28. The van der Waals surface area contributed by atoms with Crippen LogP contribution in [-0.2, 0) is 27.5 Å². The van der Waals surface area contributed by atoms with Gasteiger partial charge in [0.15, 0.2) is 0 Å². The minimum Gasteiger partial charge on any atom is -0.445 e. The molecule has 0 spiro atoms. The fraction of sp³-hybridized carbons (Fsp3) is 0.417. The minimum absolute atomic E-state index is 0.0279. The quantitative estimate of drug-likeness (QED) is 0.625. The number of benzene rings is 2. The zero-order valence-electron chi connectivity index (χ0n) is 18.5. The van der Waals surface area contributed by atoms with Crippen molar-refractivity contribution in [1.82, 2.24) is 4.90 Å². The lowest BCUT2D eigenvalue weighted by Gasteiger charge is -2.50. The first-order valence-corrected chi connectivity index (χ1v) is 12.7. The van der Waals surface area contributed by atoms with Gasteiger partial charge in [0.25, 0.3) is 0 Å². The van der Waals surface area contributed by atoms with E-state index in [-0.39, 0.29) is 37.3 Å². The molecular formula is C24H22F3N3O4S. The molecule has 4 fully saturated rings. The summed E-state index contributed by atoms with van der Waals surface area (Å²) in [6, 6.07) is 13.3. The molecule has 6 rings (SSSR count). The van der Waals surface area contributed by atoms with Crippen molar-refractivity contribution in [3.8, 4) is 6.07 Å². The second-order valence-electron chi connectivity index (χ2n) is 9.14. The molecule has 35 heavy (non-hydrogen) atoms. The molecule has 0 aromatic heterocycles. The van der Waals surface area contributed by atoms with E-state index in [4.69, 9.17) is 10.00 Å². The molecule has 4 aliphatic rings. The number of halogens is 3. The highest BCUT2D eigenvalue weighted by Gasteiger charge is 2.60. The molecule has 3 saturated heterocycles. The van der Waals surface area contributed by atoms with Gasteiger partial charge >= 0.3 is 12.3 Å². The van der Waals surface area contributed by atoms with Crippen LogP contribution in [0, 0.1) is 23.2 Å². The predicted molar refractivity (Wildman–Crippen MR) is 120 cm³/mol. The number of fused-ring (bicyclic) bond motifs is 2. The van der Waals surface area contributed by atoms with Crippen molar-refractivity contribution in [2.75, 3.05) is 17.4 Å². The molecule has 0 N–H and O–H groups in total. The summed E-state index contributed by atoms with van der Waals surface area (Å²) in [7, 11) is -3.95. The van der Waals surface area contributed by atoms with Gasteiger partial charge in [0.1, 0.15) is 6.61 Å². The topological polar surface area (TPSA) is 90.7 Å². The van der Waals surface area contributed by atoms with Crippen LogP contribution in [0.2, 0.25) is 0 Å². The van der Waals surface area contributed by atoms with Gasteiger partial charge in [-0.1, -0.05) is 30.3 Å². The second-order valence-corrected chi connectivity index (χ2v) is 11.2. The number of nitrogens with zero attached hydrogens (tertiary/aromatic N) is 3. The van der Waals surface area contributed by atoms with Crippen LogP contribution in [0.25, 0.3) is 0 Å². The van der Waals surface area contributed by atoms with Gasteiger partial charge in [0.05, 0.1) is 28.1 Å². The van der Waals surface area contributed by atoms with Gasteiger partial charge in [-0.2, -0.15) is 18.4 Å². The SMILES string of the molecule is N#Cc1ccc(N2C[C@H]3[C@H]([C@H]4CC[C@@H]3N(C(=O)OCc3ccccc3)C4)S2(=O)=O)cc1C(F)(F)F. The summed E-state index contributed by atoms with van der Waals surface area (Å²) in [6.07, 6.45) is -4.09. The van der Waals surface area contributed by atoms with Crippen molar-refractivity contribution in [1.29, 1.82) is 5.26 Å². The van der Waals surface area contributed by atoms with Gasteiger partial charge in [0.2, 0.25) is 10.0 Å². The van der Waals surface area contributed by atoms with Crippen molar-refractivity contribution < 1.29 is 31.1 Å². The van der Waals surface area contributed by atoms with Crippen molar-refractivity contribution in [2.24, 2.45) is 11.8 Å². The number of carbonyl (C=O) groups excluding carboxylic acids is 1. The number of ether oxygens (including phenoxy) is 1. The van der Waals surface area contributed by atoms with E-state index in [1.807, 2.05) is 30.3 Å². The number of amides is 1. The molecule has 1 saturated carbocycles. The van der Waals surface area contributed by atoms with E-state index in [1.165, 1.54) is 12.1 Å². The van der Waals surface area contributed by atoms with Crippen LogP contribution in [-0.4, -0.2) is 43.8 Å². The Morgan fingerprint density at radius 1 is 1.11 bits per heavy atom. The van der Waals surface area contributed by atoms with Crippen LogP contribution in [0.15, 0.2) is 48.5 Å². The van der Waals surface area contributed by atoms with E-state index in [1.54, 1.807) is 4.90 Å². The number of hydrogen-bond acceptors (Lipinski definition) is 5. The van der Waals surface area contributed by atoms with Gasteiger partial charge in [-0.25, -0.2) is 13.2 Å². The van der Waals surface area contributed by atoms with Crippen LogP contribution in [0.1, 0.15) is 29.5 Å². The van der Waals surface area contributed by atoms with Crippen molar-refractivity contribution in [2.45, 2.75) is 36.9 Å². The minimum atomic E-state index is -4.80. The van der Waals surface area contributed by atoms with Gasteiger partial charge in [-0.15, -0.1) is 0 Å². The molecule has 2 bridgehead atoms. The summed E-state index contributed by atoms with van der Waals surface area (Å²) in [6.45, 7) is 0.297. The first-order valence-electron chi connectivity index (χ1n) is 11.2. The molecule has 1 amide bonds. The Morgan fingerprint density at radius 3 is 2.54 bits per heavy atom. The van der Waals surface area contributed by atoms with Crippen LogP contribution >= 0.6 is 0 Å². The lowest BCUT2D eigenvalue weighted by molar-refractivity contribution is -0.137. The zero-order chi connectivity index (χ0) is 25.0. The molecular weight excluding hydrogens is 483 g/mol. The number of sulfonamides is 1. The summed E-state index contributed by atoms with van der Waals surface area (Å²) in [4.78, 5) is 14.5. The molecule has 2 aromatic rings. The normalized spacial score (nSPS) is 26.8. The molecule has 0 radical (unpaired) electrons. The third-order valence-corrected chi connectivity index (χ3v) is 9.63. The molecule has 0 unspecified atom stereocenters. The number of rotatable bonds is 3. The average molecular weight is 506 g/mol. The summed E-state index contributed by atoms with van der Waals surface area (Å²) in [5.74, 6) is -0.772. The number of anilines is 1. The average Bonchev–Trinajstić information content (AvgIpc) is 3.15. The van der Waals surface area contributed by atoms with Gasteiger partial charge in [-0.3, -0.25) is 4.31 Å². The molecule has 2 aromatic carbocycles. The van der Waals surface area contributed by atoms with Gasteiger partial charge in [0, 0.05) is 25.0 Å². The lowest BCUT2D eigenvalue weighted by Crippen LogP contribution is -2.61. The Morgan fingerprint density at radius 2 is 1.86 bits per heavy atom. The Hall–Kier alpha value is -3.26. The Labute approximate surface area is 200 Å². The Balaban J connectivity index is 1.40. The van der Waals surface area contributed by atoms with Gasteiger partial charge < -0.3 is 9.64 Å². The van der Waals surface area contributed by atoms with Crippen LogP contribution in [0.5, 0.6) is 0 Å². The van der Waals surface area contributed by atoms with E-state index in [9.17, 15) is 26.4 Å². The van der Waals surface area contributed by atoms with Crippen LogP contribution in [0.3, 0.4) is 0 Å². The highest BCUT2D eigenvalue weighted by Crippen LogP contribution is 2.49. The highest BCUT2D eigenvalue weighted by molar-refractivity contribution is 7.93. The molecule has 184 valence electrons. The third kappa shape index (κ3) is 3.99. The summed E-state index contributed by atoms with van der Waals surface area (Å²) < 4.78 is 73.9. The van der Waals surface area contributed by atoms with Crippen molar-refractivity contribution in [3.05, 3.63) is 65.2 Å². The molecule has 4 atom stereocenters. The zero-order valence-corrected chi connectivity index (χ0v) is 19.3.